The molecule has 1 N–H and O–H groups in total. The quantitative estimate of drug-likeness (QED) is 0.366. The van der Waals surface area contributed by atoms with Crippen molar-refractivity contribution in [3.8, 4) is 0 Å². The molecule has 0 atom stereocenters. The Morgan fingerprint density at radius 1 is 0.912 bits per heavy atom. The number of fused-ring (bicyclic) bond motifs is 1. The van der Waals surface area contributed by atoms with Crippen LogP contribution in [0.3, 0.4) is 0 Å². The van der Waals surface area contributed by atoms with Crippen LogP contribution in [0.4, 0.5) is 0 Å². The Hall–Kier alpha value is -2.93. The SMILES string of the molecule is Cc1cc(C)c2[nH]c(=O)c(CN(CCc3ccccc3)S(=O)(=O)c3cc(Cl)ccc3C)cc2c1. The molecule has 0 unspecified atom stereocenters. The van der Waals surface area contributed by atoms with Gasteiger partial charge < -0.3 is 4.98 Å². The van der Waals surface area contributed by atoms with Gasteiger partial charge in [-0.05, 0) is 73.5 Å². The van der Waals surface area contributed by atoms with Crippen LogP contribution < -0.4 is 5.56 Å². The molecule has 1 aromatic heterocycles. The van der Waals surface area contributed by atoms with Crippen LogP contribution in [0.15, 0.2) is 76.4 Å². The van der Waals surface area contributed by atoms with E-state index in [1.165, 1.54) is 10.4 Å². The molecule has 0 aliphatic rings. The number of nitrogens with one attached hydrogen (secondary N) is 1. The van der Waals surface area contributed by atoms with Crippen molar-refractivity contribution in [2.75, 3.05) is 6.54 Å². The number of aryl methyl sites for hydroxylation is 3. The molecule has 0 saturated carbocycles. The van der Waals surface area contributed by atoms with Crippen molar-refractivity contribution in [2.45, 2.75) is 38.6 Å². The number of H-pyrrole nitrogens is 1. The van der Waals surface area contributed by atoms with Crippen molar-refractivity contribution < 1.29 is 8.42 Å². The molecule has 0 radical (unpaired) electrons. The second-order valence-electron chi connectivity index (χ2n) is 8.65. The van der Waals surface area contributed by atoms with Gasteiger partial charge in [0.2, 0.25) is 10.0 Å². The topological polar surface area (TPSA) is 70.2 Å². The van der Waals surface area contributed by atoms with Crippen molar-refractivity contribution in [1.29, 1.82) is 0 Å². The van der Waals surface area contributed by atoms with E-state index >= 15 is 0 Å². The first-order valence-corrected chi connectivity index (χ1v) is 12.9. The van der Waals surface area contributed by atoms with Gasteiger partial charge in [0.15, 0.2) is 0 Å². The Labute approximate surface area is 205 Å². The predicted molar refractivity (Wildman–Crippen MR) is 138 cm³/mol. The van der Waals surface area contributed by atoms with Crippen molar-refractivity contribution in [2.24, 2.45) is 0 Å². The molecule has 1 heterocycles. The lowest BCUT2D eigenvalue weighted by Crippen LogP contribution is -2.35. The van der Waals surface area contributed by atoms with Crippen LogP contribution >= 0.6 is 11.6 Å². The Bertz CT molecular complexity index is 1510. The van der Waals surface area contributed by atoms with Gasteiger partial charge in [-0.3, -0.25) is 4.79 Å². The van der Waals surface area contributed by atoms with Crippen LogP contribution in [-0.4, -0.2) is 24.3 Å². The molecule has 0 amide bonds. The summed E-state index contributed by atoms with van der Waals surface area (Å²) in [6.07, 6.45) is 0.517. The van der Waals surface area contributed by atoms with Gasteiger partial charge >= 0.3 is 0 Å². The highest BCUT2D eigenvalue weighted by molar-refractivity contribution is 7.89. The molecule has 3 aromatic carbocycles. The number of aromatic amines is 1. The number of hydrogen-bond acceptors (Lipinski definition) is 3. The van der Waals surface area contributed by atoms with Crippen LogP contribution in [-0.2, 0) is 23.0 Å². The highest BCUT2D eigenvalue weighted by Gasteiger charge is 2.27. The maximum atomic E-state index is 13.8. The Balaban J connectivity index is 1.77. The average Bonchev–Trinajstić information content (AvgIpc) is 2.79. The summed E-state index contributed by atoms with van der Waals surface area (Å²) < 4.78 is 28.9. The lowest BCUT2D eigenvalue weighted by molar-refractivity contribution is 0.408. The smallest absolute Gasteiger partial charge is 0.252 e. The van der Waals surface area contributed by atoms with Gasteiger partial charge in [-0.2, -0.15) is 4.31 Å². The highest BCUT2D eigenvalue weighted by atomic mass is 35.5. The Kier molecular flexibility index (Phi) is 6.94. The first-order valence-electron chi connectivity index (χ1n) is 11.1. The third kappa shape index (κ3) is 5.09. The normalized spacial score (nSPS) is 11.9. The summed E-state index contributed by atoms with van der Waals surface area (Å²) in [5.74, 6) is 0. The van der Waals surface area contributed by atoms with E-state index in [4.69, 9.17) is 11.6 Å². The van der Waals surface area contributed by atoms with Crippen LogP contribution in [0.2, 0.25) is 5.02 Å². The number of benzene rings is 3. The zero-order valence-corrected chi connectivity index (χ0v) is 21.0. The van der Waals surface area contributed by atoms with Crippen LogP contribution in [0, 0.1) is 20.8 Å². The van der Waals surface area contributed by atoms with Crippen LogP contribution in [0.1, 0.15) is 27.8 Å². The summed E-state index contributed by atoms with van der Waals surface area (Å²) in [5.41, 5.74) is 4.55. The van der Waals surface area contributed by atoms with E-state index in [2.05, 4.69) is 4.98 Å². The number of aromatic nitrogens is 1. The summed E-state index contributed by atoms with van der Waals surface area (Å²) in [7, 11) is -3.91. The number of hydrogen-bond donors (Lipinski definition) is 1. The zero-order valence-electron chi connectivity index (χ0n) is 19.4. The summed E-state index contributed by atoms with van der Waals surface area (Å²) in [6.45, 7) is 5.87. The number of sulfonamides is 1. The van der Waals surface area contributed by atoms with Crippen LogP contribution in [0.5, 0.6) is 0 Å². The second kappa shape index (κ2) is 9.74. The summed E-state index contributed by atoms with van der Waals surface area (Å²) >= 11 is 6.14. The van der Waals surface area contributed by atoms with Crippen molar-refractivity contribution in [1.82, 2.24) is 9.29 Å². The minimum absolute atomic E-state index is 0.0423. The monoisotopic (exact) mass is 494 g/mol. The largest absolute Gasteiger partial charge is 0.321 e. The molecule has 0 aliphatic heterocycles. The Morgan fingerprint density at radius 3 is 2.38 bits per heavy atom. The van der Waals surface area contributed by atoms with E-state index in [-0.39, 0.29) is 23.5 Å². The van der Waals surface area contributed by atoms with E-state index in [0.717, 1.165) is 27.6 Å². The number of pyridine rings is 1. The van der Waals surface area contributed by atoms with Gasteiger partial charge in [-0.15, -0.1) is 0 Å². The maximum Gasteiger partial charge on any atom is 0.252 e. The fourth-order valence-electron chi connectivity index (χ4n) is 4.21. The standard InChI is InChI=1S/C27H27ClN2O3S/c1-18-13-20(3)26-22(14-18)15-23(27(31)29-26)17-30(12-11-21-7-5-4-6-8-21)34(32,33)25-16-24(28)10-9-19(25)2/h4-10,13-16H,11-12,17H2,1-3H3,(H,29,31). The molecular weight excluding hydrogens is 468 g/mol. The van der Waals surface area contributed by atoms with E-state index in [0.29, 0.717) is 22.6 Å². The summed E-state index contributed by atoms with van der Waals surface area (Å²) in [6, 6.07) is 20.3. The van der Waals surface area contributed by atoms with E-state index in [1.54, 1.807) is 25.1 Å². The summed E-state index contributed by atoms with van der Waals surface area (Å²) in [5, 5.41) is 1.23. The molecule has 5 nitrogen and oxygen atoms in total. The van der Waals surface area contributed by atoms with Gasteiger partial charge in [-0.25, -0.2) is 8.42 Å². The molecule has 176 valence electrons. The van der Waals surface area contributed by atoms with Gasteiger partial charge in [0.25, 0.3) is 5.56 Å². The lowest BCUT2D eigenvalue weighted by atomic mass is 10.1. The first kappa shape index (κ1) is 24.2. The molecular formula is C27H27ClN2O3S. The minimum atomic E-state index is -3.91. The zero-order chi connectivity index (χ0) is 24.5. The molecule has 0 saturated heterocycles. The maximum absolute atomic E-state index is 13.8. The fraction of sp³-hybridized carbons (Fsp3) is 0.222. The second-order valence-corrected chi connectivity index (χ2v) is 11.0. The first-order chi connectivity index (χ1) is 16.1. The molecule has 34 heavy (non-hydrogen) atoms. The molecule has 0 spiro atoms. The van der Waals surface area contributed by atoms with Crippen molar-refractivity contribution in [3.63, 3.8) is 0 Å². The third-order valence-electron chi connectivity index (χ3n) is 5.98. The van der Waals surface area contributed by atoms with Gasteiger partial charge in [0.05, 0.1) is 10.4 Å². The average molecular weight is 495 g/mol. The van der Waals surface area contributed by atoms with Gasteiger partial charge in [-0.1, -0.05) is 59.6 Å². The lowest BCUT2D eigenvalue weighted by Gasteiger charge is -2.23. The Morgan fingerprint density at radius 2 is 1.65 bits per heavy atom. The van der Waals surface area contributed by atoms with Crippen molar-refractivity contribution in [3.05, 3.63) is 110 Å². The molecule has 0 bridgehead atoms. The van der Waals surface area contributed by atoms with E-state index in [9.17, 15) is 13.2 Å². The van der Waals surface area contributed by atoms with Crippen LogP contribution in [0.25, 0.3) is 10.9 Å². The number of rotatable bonds is 7. The molecule has 4 rings (SSSR count). The molecule has 4 aromatic rings. The van der Waals surface area contributed by atoms with Gasteiger partial charge in [0.1, 0.15) is 0 Å². The number of halogens is 1. The molecule has 7 heteroatoms. The fourth-order valence-corrected chi connectivity index (χ4v) is 6.12. The highest BCUT2D eigenvalue weighted by Crippen LogP contribution is 2.26. The van der Waals surface area contributed by atoms with Crippen molar-refractivity contribution >= 4 is 32.5 Å². The van der Waals surface area contributed by atoms with E-state index in [1.807, 2.05) is 56.3 Å². The molecule has 0 fully saturated rings. The predicted octanol–water partition coefficient (Wildman–Crippen LogP) is 5.54. The van der Waals surface area contributed by atoms with E-state index < -0.39 is 10.0 Å². The minimum Gasteiger partial charge on any atom is -0.321 e. The third-order valence-corrected chi connectivity index (χ3v) is 8.20. The molecule has 0 aliphatic carbocycles. The summed E-state index contributed by atoms with van der Waals surface area (Å²) in [4.78, 5) is 16.1. The van der Waals surface area contributed by atoms with Gasteiger partial charge in [0, 0.05) is 23.7 Å². The number of nitrogens with zero attached hydrogens (tertiary/aromatic N) is 1.